The summed E-state index contributed by atoms with van der Waals surface area (Å²) in [6.45, 7) is 3.21. The van der Waals surface area contributed by atoms with E-state index in [2.05, 4.69) is 15.6 Å². The van der Waals surface area contributed by atoms with E-state index in [0.29, 0.717) is 36.0 Å². The van der Waals surface area contributed by atoms with Crippen molar-refractivity contribution in [1.82, 2.24) is 4.98 Å². The number of nitrogens with one attached hydrogen (secondary N) is 2. The Hall–Kier alpha value is -2.60. The highest BCUT2D eigenvalue weighted by Crippen LogP contribution is 2.25. The van der Waals surface area contributed by atoms with E-state index in [1.807, 2.05) is 25.1 Å². The summed E-state index contributed by atoms with van der Waals surface area (Å²) in [5.41, 5.74) is 2.16. The Morgan fingerprint density at radius 3 is 2.70 bits per heavy atom. The normalized spacial score (nSPS) is 10.2. The molecule has 1 aromatic heterocycles. The first-order valence-electron chi connectivity index (χ1n) is 7.29. The first-order chi connectivity index (χ1) is 11.1. The van der Waals surface area contributed by atoms with E-state index in [1.165, 1.54) is 6.20 Å². The number of nitrogens with zero attached hydrogens (tertiary/aromatic N) is 1. The number of benzene rings is 1. The van der Waals surface area contributed by atoms with Gasteiger partial charge in [-0.3, -0.25) is 4.79 Å². The van der Waals surface area contributed by atoms with E-state index in [0.717, 1.165) is 5.56 Å². The zero-order chi connectivity index (χ0) is 16.7. The molecule has 1 amide bonds. The smallest absolute Gasteiger partial charge is 0.257 e. The predicted molar refractivity (Wildman–Crippen MR) is 90.3 cm³/mol. The zero-order valence-electron chi connectivity index (χ0n) is 13.6. The molecule has 0 saturated carbocycles. The SMILES string of the molecule is COCCNc1ccc(C(=O)Nc2cc(C)ccc2OC)cn1. The van der Waals surface area contributed by atoms with Crippen LogP contribution in [0.5, 0.6) is 5.75 Å². The number of rotatable bonds is 7. The summed E-state index contributed by atoms with van der Waals surface area (Å²) in [5, 5.41) is 5.95. The van der Waals surface area contributed by atoms with Crippen LogP contribution in [0.2, 0.25) is 0 Å². The summed E-state index contributed by atoms with van der Waals surface area (Å²) in [6, 6.07) is 9.10. The molecule has 0 aliphatic heterocycles. The van der Waals surface area contributed by atoms with Gasteiger partial charge < -0.3 is 20.1 Å². The van der Waals surface area contributed by atoms with E-state index in [-0.39, 0.29) is 5.91 Å². The van der Waals surface area contributed by atoms with Gasteiger partial charge in [0.1, 0.15) is 11.6 Å². The van der Waals surface area contributed by atoms with Crippen LogP contribution >= 0.6 is 0 Å². The Morgan fingerprint density at radius 2 is 2.04 bits per heavy atom. The number of aryl methyl sites for hydroxylation is 1. The molecule has 0 fully saturated rings. The van der Waals surface area contributed by atoms with Gasteiger partial charge in [-0.05, 0) is 36.8 Å². The van der Waals surface area contributed by atoms with E-state index in [4.69, 9.17) is 9.47 Å². The molecular weight excluding hydrogens is 294 g/mol. The number of anilines is 2. The van der Waals surface area contributed by atoms with Crippen molar-refractivity contribution < 1.29 is 14.3 Å². The Morgan fingerprint density at radius 1 is 1.22 bits per heavy atom. The minimum atomic E-state index is -0.232. The lowest BCUT2D eigenvalue weighted by Gasteiger charge is -2.11. The Bertz CT molecular complexity index is 657. The molecule has 122 valence electrons. The van der Waals surface area contributed by atoms with Gasteiger partial charge in [0.15, 0.2) is 0 Å². The fraction of sp³-hybridized carbons (Fsp3) is 0.294. The number of hydrogen-bond acceptors (Lipinski definition) is 5. The van der Waals surface area contributed by atoms with Gasteiger partial charge in [0.2, 0.25) is 0 Å². The van der Waals surface area contributed by atoms with Crippen molar-refractivity contribution in [3.63, 3.8) is 0 Å². The van der Waals surface area contributed by atoms with Gasteiger partial charge >= 0.3 is 0 Å². The van der Waals surface area contributed by atoms with Crippen molar-refractivity contribution in [2.24, 2.45) is 0 Å². The molecule has 0 spiro atoms. The fourth-order valence-corrected chi connectivity index (χ4v) is 2.03. The molecule has 0 unspecified atom stereocenters. The highest BCUT2D eigenvalue weighted by atomic mass is 16.5. The molecule has 2 aromatic rings. The van der Waals surface area contributed by atoms with Gasteiger partial charge in [-0.25, -0.2) is 4.98 Å². The maximum absolute atomic E-state index is 12.3. The molecule has 0 aliphatic rings. The van der Waals surface area contributed by atoms with Crippen LogP contribution in [0.15, 0.2) is 36.5 Å². The Kier molecular flexibility index (Phi) is 5.94. The number of amides is 1. The van der Waals surface area contributed by atoms with E-state index in [1.54, 1.807) is 26.4 Å². The minimum absolute atomic E-state index is 0.232. The summed E-state index contributed by atoms with van der Waals surface area (Å²) < 4.78 is 10.2. The average Bonchev–Trinajstić information content (AvgIpc) is 2.56. The number of carbonyl (C=O) groups is 1. The van der Waals surface area contributed by atoms with Gasteiger partial charge in [0, 0.05) is 19.9 Å². The number of methoxy groups -OCH3 is 2. The van der Waals surface area contributed by atoms with E-state index < -0.39 is 0 Å². The van der Waals surface area contributed by atoms with Crippen LogP contribution in [-0.2, 0) is 4.74 Å². The number of carbonyl (C=O) groups excluding carboxylic acids is 1. The van der Waals surface area contributed by atoms with Crippen molar-refractivity contribution in [1.29, 1.82) is 0 Å². The molecule has 23 heavy (non-hydrogen) atoms. The molecule has 0 radical (unpaired) electrons. The molecular formula is C17H21N3O3. The van der Waals surface area contributed by atoms with Gasteiger partial charge in [0.25, 0.3) is 5.91 Å². The minimum Gasteiger partial charge on any atom is -0.495 e. The summed E-state index contributed by atoms with van der Waals surface area (Å²) >= 11 is 0. The number of hydrogen-bond donors (Lipinski definition) is 2. The zero-order valence-corrected chi connectivity index (χ0v) is 13.6. The van der Waals surface area contributed by atoms with Crippen LogP contribution < -0.4 is 15.4 Å². The topological polar surface area (TPSA) is 72.5 Å². The molecule has 0 atom stereocenters. The monoisotopic (exact) mass is 315 g/mol. The molecule has 0 bridgehead atoms. The summed E-state index contributed by atoms with van der Waals surface area (Å²) in [6.07, 6.45) is 1.53. The first kappa shape index (κ1) is 16.8. The van der Waals surface area contributed by atoms with Crippen LogP contribution in [0.3, 0.4) is 0 Å². The molecule has 1 heterocycles. The van der Waals surface area contributed by atoms with Crippen LogP contribution in [0, 0.1) is 6.92 Å². The van der Waals surface area contributed by atoms with Gasteiger partial charge in [-0.15, -0.1) is 0 Å². The highest BCUT2D eigenvalue weighted by molar-refractivity contribution is 6.05. The molecule has 1 aromatic carbocycles. The molecule has 0 aliphatic carbocycles. The fourth-order valence-electron chi connectivity index (χ4n) is 2.03. The van der Waals surface area contributed by atoms with Crippen LogP contribution in [0.1, 0.15) is 15.9 Å². The van der Waals surface area contributed by atoms with Crippen LogP contribution in [0.25, 0.3) is 0 Å². The number of aromatic nitrogens is 1. The van der Waals surface area contributed by atoms with Gasteiger partial charge in [-0.2, -0.15) is 0 Å². The molecule has 6 heteroatoms. The number of pyridine rings is 1. The molecule has 0 saturated heterocycles. The van der Waals surface area contributed by atoms with E-state index in [9.17, 15) is 4.79 Å². The lowest BCUT2D eigenvalue weighted by molar-refractivity contribution is 0.102. The van der Waals surface area contributed by atoms with Crippen LogP contribution in [0.4, 0.5) is 11.5 Å². The standard InChI is InChI=1S/C17H21N3O3/c1-12-4-6-15(23-3)14(10-12)20-17(21)13-5-7-16(19-11-13)18-8-9-22-2/h4-7,10-11H,8-9H2,1-3H3,(H,18,19)(H,20,21). The lowest BCUT2D eigenvalue weighted by atomic mass is 10.2. The molecule has 6 nitrogen and oxygen atoms in total. The van der Waals surface area contributed by atoms with Crippen molar-refractivity contribution in [3.05, 3.63) is 47.7 Å². The average molecular weight is 315 g/mol. The summed E-state index contributed by atoms with van der Waals surface area (Å²) in [7, 11) is 3.21. The van der Waals surface area contributed by atoms with Crippen molar-refractivity contribution >= 4 is 17.4 Å². The summed E-state index contributed by atoms with van der Waals surface area (Å²) in [4.78, 5) is 16.5. The maximum Gasteiger partial charge on any atom is 0.257 e. The van der Waals surface area contributed by atoms with E-state index >= 15 is 0 Å². The second-order valence-electron chi connectivity index (χ2n) is 5.01. The second-order valence-corrected chi connectivity index (χ2v) is 5.01. The van der Waals surface area contributed by atoms with Crippen molar-refractivity contribution in [3.8, 4) is 5.75 Å². The Labute approximate surface area is 135 Å². The van der Waals surface area contributed by atoms with Crippen LogP contribution in [-0.4, -0.2) is 38.3 Å². The first-order valence-corrected chi connectivity index (χ1v) is 7.29. The maximum atomic E-state index is 12.3. The second kappa shape index (κ2) is 8.14. The summed E-state index contributed by atoms with van der Waals surface area (Å²) in [5.74, 6) is 1.09. The molecule has 2 N–H and O–H groups in total. The van der Waals surface area contributed by atoms with Crippen molar-refractivity contribution in [2.75, 3.05) is 38.0 Å². The quantitative estimate of drug-likeness (QED) is 0.769. The number of ether oxygens (including phenoxy) is 2. The van der Waals surface area contributed by atoms with Gasteiger partial charge in [0.05, 0.1) is 25.0 Å². The third kappa shape index (κ3) is 4.69. The molecule has 2 rings (SSSR count). The third-order valence-corrected chi connectivity index (χ3v) is 3.24. The largest absolute Gasteiger partial charge is 0.495 e. The lowest BCUT2D eigenvalue weighted by Crippen LogP contribution is -2.14. The van der Waals surface area contributed by atoms with Crippen molar-refractivity contribution in [2.45, 2.75) is 6.92 Å². The van der Waals surface area contributed by atoms with Gasteiger partial charge in [-0.1, -0.05) is 6.07 Å². The highest BCUT2D eigenvalue weighted by Gasteiger charge is 2.10. The predicted octanol–water partition coefficient (Wildman–Crippen LogP) is 2.71. The third-order valence-electron chi connectivity index (χ3n) is 3.24. The Balaban J connectivity index is 2.05.